The molecule has 0 amide bonds. The van der Waals surface area contributed by atoms with Gasteiger partial charge in [-0.2, -0.15) is 0 Å². The van der Waals surface area contributed by atoms with Gasteiger partial charge in [-0.1, -0.05) is 25.0 Å². The highest BCUT2D eigenvalue weighted by atomic mass is 16.5. The summed E-state index contributed by atoms with van der Waals surface area (Å²) < 4.78 is 5.34. The van der Waals surface area contributed by atoms with Gasteiger partial charge in [0.2, 0.25) is 0 Å². The van der Waals surface area contributed by atoms with E-state index in [2.05, 4.69) is 0 Å². The van der Waals surface area contributed by atoms with Gasteiger partial charge in [0.1, 0.15) is 0 Å². The van der Waals surface area contributed by atoms with Crippen molar-refractivity contribution in [2.45, 2.75) is 31.1 Å². The molecule has 17 heavy (non-hydrogen) atoms. The lowest BCUT2D eigenvalue weighted by Gasteiger charge is -2.29. The standard InChI is InChI=1S/C14H18O3/c1-17-10-14(7-2-3-8-14)12-6-4-5-11(9-12)13(15)16/h4-6,9H,2-3,7-8,10H2,1H3,(H,15,16). The zero-order valence-electron chi connectivity index (χ0n) is 10.1. The van der Waals surface area contributed by atoms with Crippen molar-refractivity contribution < 1.29 is 14.6 Å². The third-order valence-corrected chi connectivity index (χ3v) is 3.70. The molecular weight excluding hydrogens is 216 g/mol. The quantitative estimate of drug-likeness (QED) is 0.871. The molecule has 1 aromatic carbocycles. The SMILES string of the molecule is COCC1(c2cccc(C(=O)O)c2)CCCC1. The van der Waals surface area contributed by atoms with Gasteiger partial charge >= 0.3 is 5.97 Å². The van der Waals surface area contributed by atoms with Gasteiger partial charge < -0.3 is 9.84 Å². The first-order valence-electron chi connectivity index (χ1n) is 6.01. The smallest absolute Gasteiger partial charge is 0.335 e. The Labute approximate surface area is 101 Å². The van der Waals surface area contributed by atoms with Crippen molar-refractivity contribution in [1.82, 2.24) is 0 Å². The van der Waals surface area contributed by atoms with Crippen molar-refractivity contribution in [2.75, 3.05) is 13.7 Å². The first kappa shape index (κ1) is 12.1. The molecule has 1 aliphatic carbocycles. The second-order valence-electron chi connectivity index (χ2n) is 4.81. The van der Waals surface area contributed by atoms with E-state index in [4.69, 9.17) is 9.84 Å². The normalized spacial score (nSPS) is 18.2. The number of methoxy groups -OCH3 is 1. The molecule has 1 fully saturated rings. The van der Waals surface area contributed by atoms with Gasteiger partial charge in [0.15, 0.2) is 0 Å². The van der Waals surface area contributed by atoms with E-state index in [9.17, 15) is 4.79 Å². The molecule has 0 heterocycles. The van der Waals surface area contributed by atoms with Crippen molar-refractivity contribution in [3.8, 4) is 0 Å². The van der Waals surface area contributed by atoms with Crippen LogP contribution in [-0.2, 0) is 10.2 Å². The molecule has 3 heteroatoms. The minimum atomic E-state index is -0.864. The lowest BCUT2D eigenvalue weighted by molar-refractivity contribution is 0.0696. The third kappa shape index (κ3) is 2.34. The van der Waals surface area contributed by atoms with E-state index >= 15 is 0 Å². The summed E-state index contributed by atoms with van der Waals surface area (Å²) in [7, 11) is 1.71. The molecule has 0 atom stereocenters. The topological polar surface area (TPSA) is 46.5 Å². The van der Waals surface area contributed by atoms with Crippen molar-refractivity contribution in [3.63, 3.8) is 0 Å². The Hall–Kier alpha value is -1.35. The number of benzene rings is 1. The second kappa shape index (κ2) is 4.88. The van der Waals surface area contributed by atoms with E-state index in [0.29, 0.717) is 12.2 Å². The van der Waals surface area contributed by atoms with Crippen LogP contribution < -0.4 is 0 Å². The number of aromatic carboxylic acids is 1. The average Bonchev–Trinajstić information content (AvgIpc) is 2.80. The van der Waals surface area contributed by atoms with Crippen LogP contribution in [0.2, 0.25) is 0 Å². The zero-order valence-corrected chi connectivity index (χ0v) is 10.1. The fraction of sp³-hybridized carbons (Fsp3) is 0.500. The Bertz CT molecular complexity index is 406. The van der Waals surface area contributed by atoms with Gasteiger partial charge in [-0.15, -0.1) is 0 Å². The van der Waals surface area contributed by atoms with Gasteiger partial charge in [0.25, 0.3) is 0 Å². The van der Waals surface area contributed by atoms with Crippen molar-refractivity contribution >= 4 is 5.97 Å². The summed E-state index contributed by atoms with van der Waals surface area (Å²) in [5.41, 5.74) is 1.50. The minimum Gasteiger partial charge on any atom is -0.478 e. The van der Waals surface area contributed by atoms with E-state index in [1.165, 1.54) is 12.8 Å². The van der Waals surface area contributed by atoms with Crippen LogP contribution in [0.25, 0.3) is 0 Å². The highest BCUT2D eigenvalue weighted by Crippen LogP contribution is 2.41. The summed E-state index contributed by atoms with van der Waals surface area (Å²) in [6.45, 7) is 0.677. The number of carboxylic acids is 1. The lowest BCUT2D eigenvalue weighted by atomic mass is 9.79. The zero-order chi connectivity index (χ0) is 12.3. The van der Waals surface area contributed by atoms with Crippen LogP contribution in [0.3, 0.4) is 0 Å². The number of hydrogen-bond donors (Lipinski definition) is 1. The molecule has 0 bridgehead atoms. The first-order valence-corrected chi connectivity index (χ1v) is 6.01. The molecule has 0 saturated heterocycles. The van der Waals surface area contributed by atoms with E-state index < -0.39 is 5.97 Å². The van der Waals surface area contributed by atoms with Gasteiger partial charge in [-0.25, -0.2) is 4.79 Å². The fourth-order valence-corrected chi connectivity index (χ4v) is 2.83. The van der Waals surface area contributed by atoms with Crippen LogP contribution in [0.15, 0.2) is 24.3 Å². The van der Waals surface area contributed by atoms with Crippen molar-refractivity contribution in [1.29, 1.82) is 0 Å². The molecule has 0 aliphatic heterocycles. The predicted octanol–water partition coefficient (Wildman–Crippen LogP) is 2.84. The molecule has 1 N–H and O–H groups in total. The summed E-state index contributed by atoms with van der Waals surface area (Å²) in [5.74, 6) is -0.864. The monoisotopic (exact) mass is 234 g/mol. The highest BCUT2D eigenvalue weighted by molar-refractivity contribution is 5.87. The third-order valence-electron chi connectivity index (χ3n) is 3.70. The number of hydrogen-bond acceptors (Lipinski definition) is 2. The minimum absolute atomic E-state index is 0.0280. The maximum Gasteiger partial charge on any atom is 0.335 e. The molecule has 1 aliphatic rings. The van der Waals surface area contributed by atoms with Crippen LogP contribution in [0.5, 0.6) is 0 Å². The Balaban J connectivity index is 2.36. The fourth-order valence-electron chi connectivity index (χ4n) is 2.83. The van der Waals surface area contributed by atoms with Gasteiger partial charge in [0, 0.05) is 12.5 Å². The molecule has 92 valence electrons. The van der Waals surface area contributed by atoms with Crippen molar-refractivity contribution in [3.05, 3.63) is 35.4 Å². The Morgan fingerprint density at radius 1 is 1.41 bits per heavy atom. The van der Waals surface area contributed by atoms with Crippen LogP contribution in [0.1, 0.15) is 41.6 Å². The molecule has 0 unspecified atom stereocenters. The second-order valence-corrected chi connectivity index (χ2v) is 4.81. The van der Waals surface area contributed by atoms with Gasteiger partial charge in [-0.3, -0.25) is 0 Å². The highest BCUT2D eigenvalue weighted by Gasteiger charge is 2.35. The Kier molecular flexibility index (Phi) is 3.48. The number of rotatable bonds is 4. The van der Waals surface area contributed by atoms with Crippen LogP contribution in [-0.4, -0.2) is 24.8 Å². The molecule has 0 aromatic heterocycles. The van der Waals surface area contributed by atoms with E-state index in [0.717, 1.165) is 18.4 Å². The first-order chi connectivity index (χ1) is 8.18. The van der Waals surface area contributed by atoms with Gasteiger partial charge in [0.05, 0.1) is 12.2 Å². The molecular formula is C14H18O3. The van der Waals surface area contributed by atoms with Gasteiger partial charge in [-0.05, 0) is 30.5 Å². The number of carboxylic acid groups (broad SMARTS) is 1. The largest absolute Gasteiger partial charge is 0.478 e. The number of ether oxygens (including phenoxy) is 1. The molecule has 2 rings (SSSR count). The Morgan fingerprint density at radius 2 is 2.12 bits per heavy atom. The van der Waals surface area contributed by atoms with Crippen LogP contribution in [0, 0.1) is 0 Å². The summed E-state index contributed by atoms with van der Waals surface area (Å²) in [4.78, 5) is 11.0. The molecule has 3 nitrogen and oxygen atoms in total. The van der Waals surface area contributed by atoms with Crippen LogP contribution >= 0.6 is 0 Å². The summed E-state index contributed by atoms with van der Waals surface area (Å²) in [6, 6.07) is 7.29. The molecule has 1 aromatic rings. The summed E-state index contributed by atoms with van der Waals surface area (Å²) in [6.07, 6.45) is 4.56. The summed E-state index contributed by atoms with van der Waals surface area (Å²) in [5, 5.41) is 9.03. The molecule has 1 saturated carbocycles. The molecule has 0 radical (unpaired) electrons. The maximum absolute atomic E-state index is 11.0. The van der Waals surface area contributed by atoms with Crippen LogP contribution in [0.4, 0.5) is 0 Å². The lowest BCUT2D eigenvalue weighted by Crippen LogP contribution is -2.28. The van der Waals surface area contributed by atoms with E-state index in [-0.39, 0.29) is 5.41 Å². The molecule has 0 spiro atoms. The van der Waals surface area contributed by atoms with E-state index in [1.54, 1.807) is 19.2 Å². The van der Waals surface area contributed by atoms with Crippen molar-refractivity contribution in [2.24, 2.45) is 0 Å². The maximum atomic E-state index is 11.0. The average molecular weight is 234 g/mol. The predicted molar refractivity (Wildman–Crippen MR) is 65.4 cm³/mol. The Morgan fingerprint density at radius 3 is 2.71 bits per heavy atom. The number of carbonyl (C=O) groups is 1. The summed E-state index contributed by atoms with van der Waals surface area (Å²) >= 11 is 0. The van der Waals surface area contributed by atoms with E-state index in [1.807, 2.05) is 12.1 Å².